The van der Waals surface area contributed by atoms with Crippen molar-refractivity contribution in [2.24, 2.45) is 0 Å². The smallest absolute Gasteiger partial charge is 0.212 e. The molecular weight excluding hydrogens is 312 g/mol. The van der Waals surface area contributed by atoms with Crippen LogP contribution in [0.3, 0.4) is 0 Å². The minimum atomic E-state index is -3.49. The van der Waals surface area contributed by atoms with E-state index in [9.17, 15) is 16.8 Å². The summed E-state index contributed by atoms with van der Waals surface area (Å²) in [7, 11) is -6.78. The molecule has 0 amide bonds. The zero-order chi connectivity index (χ0) is 15.9. The number of hydrogen-bond acceptors (Lipinski definition) is 5. The molecule has 0 atom stereocenters. The molecule has 0 aromatic heterocycles. The monoisotopic (exact) mass is 330 g/mol. The maximum Gasteiger partial charge on any atom is 0.212 e. The summed E-state index contributed by atoms with van der Waals surface area (Å²) >= 11 is 0. The first-order valence-electron chi connectivity index (χ1n) is 6.31. The molecule has 0 saturated carbocycles. The molecule has 116 valence electrons. The van der Waals surface area contributed by atoms with Gasteiger partial charge in [0.2, 0.25) is 10.0 Å². The maximum atomic E-state index is 12.0. The lowest BCUT2D eigenvalue weighted by molar-refractivity contribution is 0.448. The molecule has 1 aromatic carbocycles. The van der Waals surface area contributed by atoms with E-state index in [-0.39, 0.29) is 31.0 Å². The summed E-state index contributed by atoms with van der Waals surface area (Å²) in [6.07, 6.45) is 1.17. The van der Waals surface area contributed by atoms with Crippen molar-refractivity contribution >= 4 is 19.9 Å². The molecule has 0 aliphatic carbocycles. The molecule has 1 aromatic rings. The highest BCUT2D eigenvalue weighted by atomic mass is 32.2. The number of benzene rings is 1. The van der Waals surface area contributed by atoms with Gasteiger partial charge in [0, 0.05) is 6.54 Å². The largest absolute Gasteiger partial charge is 0.228 e. The van der Waals surface area contributed by atoms with E-state index in [0.29, 0.717) is 5.56 Å². The van der Waals surface area contributed by atoms with Crippen LogP contribution in [-0.2, 0) is 25.6 Å². The first kappa shape index (κ1) is 17.6. The second-order valence-electron chi connectivity index (χ2n) is 4.69. The lowest BCUT2D eigenvalue weighted by Crippen LogP contribution is -2.32. The number of nitrogens with zero attached hydrogens (tertiary/aromatic N) is 2. The van der Waals surface area contributed by atoms with Gasteiger partial charge >= 0.3 is 0 Å². The quantitative estimate of drug-likeness (QED) is 0.656. The molecule has 0 fully saturated rings. The van der Waals surface area contributed by atoms with Gasteiger partial charge in [-0.15, -0.1) is 0 Å². The highest BCUT2D eigenvalue weighted by Crippen LogP contribution is 2.08. The van der Waals surface area contributed by atoms with Crippen LogP contribution in [0.25, 0.3) is 0 Å². The third-order valence-electron chi connectivity index (χ3n) is 2.81. The number of rotatable bonds is 8. The SMILES string of the molecule is CS(=O)(=O)N(CC#N)CCCS(=O)(=O)Cc1ccccc1. The average Bonchev–Trinajstić information content (AvgIpc) is 2.37. The normalized spacial score (nSPS) is 12.2. The fourth-order valence-electron chi connectivity index (χ4n) is 1.80. The maximum absolute atomic E-state index is 12.0. The average molecular weight is 330 g/mol. The minimum Gasteiger partial charge on any atom is -0.228 e. The van der Waals surface area contributed by atoms with Crippen molar-refractivity contribution in [2.75, 3.05) is 25.1 Å². The molecular formula is C13H18N2O4S2. The van der Waals surface area contributed by atoms with E-state index in [1.807, 2.05) is 6.07 Å². The van der Waals surface area contributed by atoms with Gasteiger partial charge in [-0.25, -0.2) is 16.8 Å². The summed E-state index contributed by atoms with van der Waals surface area (Å²) in [5, 5.41) is 8.58. The number of hydrogen-bond donors (Lipinski definition) is 0. The molecule has 21 heavy (non-hydrogen) atoms. The van der Waals surface area contributed by atoms with Crippen LogP contribution in [-0.4, -0.2) is 46.2 Å². The Kier molecular flexibility index (Phi) is 6.33. The molecule has 0 spiro atoms. The molecule has 0 N–H and O–H groups in total. The Hall–Kier alpha value is -1.43. The summed E-state index contributed by atoms with van der Waals surface area (Å²) in [5.41, 5.74) is 0.703. The van der Waals surface area contributed by atoms with Gasteiger partial charge in [0.25, 0.3) is 0 Å². The van der Waals surface area contributed by atoms with Crippen molar-refractivity contribution in [3.8, 4) is 6.07 Å². The second-order valence-corrected chi connectivity index (χ2v) is 8.85. The van der Waals surface area contributed by atoms with Crippen LogP contribution in [0, 0.1) is 11.3 Å². The van der Waals surface area contributed by atoms with Gasteiger partial charge < -0.3 is 0 Å². The molecule has 0 radical (unpaired) electrons. The fourth-order valence-corrected chi connectivity index (χ4v) is 3.97. The van der Waals surface area contributed by atoms with Crippen molar-refractivity contribution in [3.63, 3.8) is 0 Å². The molecule has 8 heteroatoms. The van der Waals surface area contributed by atoms with Crippen molar-refractivity contribution in [3.05, 3.63) is 35.9 Å². The van der Waals surface area contributed by atoms with Gasteiger partial charge in [0.15, 0.2) is 9.84 Å². The van der Waals surface area contributed by atoms with Crippen LogP contribution < -0.4 is 0 Å². The zero-order valence-corrected chi connectivity index (χ0v) is 13.4. The van der Waals surface area contributed by atoms with E-state index >= 15 is 0 Å². The van der Waals surface area contributed by atoms with Gasteiger partial charge in [-0.2, -0.15) is 9.57 Å². The highest BCUT2D eigenvalue weighted by molar-refractivity contribution is 7.90. The third-order valence-corrected chi connectivity index (χ3v) is 5.74. The van der Waals surface area contributed by atoms with Crippen LogP contribution in [0.15, 0.2) is 30.3 Å². The van der Waals surface area contributed by atoms with E-state index in [4.69, 9.17) is 5.26 Å². The van der Waals surface area contributed by atoms with Crippen molar-refractivity contribution in [1.29, 1.82) is 5.26 Å². The van der Waals surface area contributed by atoms with E-state index in [1.54, 1.807) is 30.3 Å². The lowest BCUT2D eigenvalue weighted by Gasteiger charge is -2.16. The predicted octanol–water partition coefficient (Wildman–Crippen LogP) is 0.777. The van der Waals surface area contributed by atoms with Crippen LogP contribution in [0.2, 0.25) is 0 Å². The Labute approximate surface area is 126 Å². The van der Waals surface area contributed by atoms with Crippen LogP contribution in [0.4, 0.5) is 0 Å². The zero-order valence-electron chi connectivity index (χ0n) is 11.8. The van der Waals surface area contributed by atoms with Crippen LogP contribution in [0.5, 0.6) is 0 Å². The fraction of sp³-hybridized carbons (Fsp3) is 0.462. The molecule has 0 unspecified atom stereocenters. The molecule has 1 rings (SSSR count). The van der Waals surface area contributed by atoms with Gasteiger partial charge in [-0.3, -0.25) is 0 Å². The topological polar surface area (TPSA) is 95.3 Å². The van der Waals surface area contributed by atoms with Crippen molar-refractivity contribution in [1.82, 2.24) is 4.31 Å². The third kappa shape index (κ3) is 6.71. The Morgan fingerprint density at radius 3 is 2.29 bits per heavy atom. The number of sulfonamides is 1. The van der Waals surface area contributed by atoms with Gasteiger partial charge in [-0.05, 0) is 12.0 Å². The highest BCUT2D eigenvalue weighted by Gasteiger charge is 2.18. The molecule has 0 aliphatic heterocycles. The second kappa shape index (κ2) is 7.54. The standard InChI is InChI=1S/C13H18N2O4S2/c1-20(16,17)15(10-8-14)9-5-11-21(18,19)12-13-6-3-2-4-7-13/h2-4,6-7H,5,9-12H2,1H3. The minimum absolute atomic E-state index is 0.0282. The molecule has 0 aliphatic rings. The van der Waals surface area contributed by atoms with Gasteiger partial charge in [0.1, 0.15) is 6.54 Å². The summed E-state index contributed by atoms with van der Waals surface area (Å²) in [5.74, 6) is -0.176. The van der Waals surface area contributed by atoms with Gasteiger partial charge in [0.05, 0.1) is 23.8 Å². The Bertz CT molecular complexity index is 691. The van der Waals surface area contributed by atoms with Crippen LogP contribution >= 0.6 is 0 Å². The Balaban J connectivity index is 2.56. The summed E-state index contributed by atoms with van der Waals surface area (Å²) in [6.45, 7) is -0.238. The van der Waals surface area contributed by atoms with Crippen LogP contribution in [0.1, 0.15) is 12.0 Å². The number of sulfone groups is 1. The van der Waals surface area contributed by atoms with E-state index < -0.39 is 19.9 Å². The summed E-state index contributed by atoms with van der Waals surface area (Å²) < 4.78 is 47.7. The molecule has 0 bridgehead atoms. The Morgan fingerprint density at radius 1 is 1.14 bits per heavy atom. The van der Waals surface area contributed by atoms with Crippen molar-refractivity contribution in [2.45, 2.75) is 12.2 Å². The van der Waals surface area contributed by atoms with E-state index in [0.717, 1.165) is 10.6 Å². The first-order valence-corrected chi connectivity index (χ1v) is 9.98. The predicted molar refractivity (Wildman–Crippen MR) is 80.6 cm³/mol. The molecule has 6 nitrogen and oxygen atoms in total. The first-order chi connectivity index (χ1) is 9.74. The summed E-state index contributed by atoms with van der Waals surface area (Å²) in [4.78, 5) is 0. The molecule has 0 heterocycles. The molecule has 0 saturated heterocycles. The van der Waals surface area contributed by atoms with E-state index in [1.165, 1.54) is 0 Å². The van der Waals surface area contributed by atoms with Crippen molar-refractivity contribution < 1.29 is 16.8 Å². The van der Waals surface area contributed by atoms with Gasteiger partial charge in [-0.1, -0.05) is 30.3 Å². The van der Waals surface area contributed by atoms with E-state index in [2.05, 4.69) is 0 Å². The summed E-state index contributed by atoms with van der Waals surface area (Å²) in [6, 6.07) is 10.6. The lowest BCUT2D eigenvalue weighted by atomic mass is 10.2. The Morgan fingerprint density at radius 2 is 1.76 bits per heavy atom. The number of nitriles is 1.